The lowest BCUT2D eigenvalue weighted by molar-refractivity contribution is 0.745. The summed E-state index contributed by atoms with van der Waals surface area (Å²) in [6.07, 6.45) is 5.79. The number of nitrogens with zero attached hydrogens (tertiary/aromatic N) is 2. The number of thioether (sulfide) groups is 1. The molecule has 1 saturated carbocycles. The molecule has 0 bridgehead atoms. The largest absolute Gasteiger partial charge is 0.383 e. The van der Waals surface area contributed by atoms with Gasteiger partial charge in [0.2, 0.25) is 5.95 Å². The number of nitrogen functional groups attached to an aromatic ring is 1. The van der Waals surface area contributed by atoms with Crippen molar-refractivity contribution in [2.45, 2.75) is 30.6 Å². The normalized spacial score (nSPS) is 24.6. The number of halogens is 1. The highest BCUT2D eigenvalue weighted by Crippen LogP contribution is 2.29. The second-order valence-electron chi connectivity index (χ2n) is 3.95. The summed E-state index contributed by atoms with van der Waals surface area (Å²) in [4.78, 5) is 8.42. The average Bonchev–Trinajstić information content (AvgIpc) is 2.64. The molecule has 4 nitrogen and oxygen atoms in total. The fraction of sp³-hybridized carbons (Fsp3) is 0.600. The minimum Gasteiger partial charge on any atom is -0.383 e. The maximum atomic E-state index is 5.66. The number of anilines is 2. The van der Waals surface area contributed by atoms with Crippen molar-refractivity contribution in [3.8, 4) is 0 Å². The fourth-order valence-corrected chi connectivity index (χ4v) is 3.17. The Labute approximate surface area is 108 Å². The third-order valence-corrected chi connectivity index (χ3v) is 4.27. The lowest BCUT2D eigenvalue weighted by atomic mass is 10.2. The van der Waals surface area contributed by atoms with Gasteiger partial charge in [-0.05, 0) is 41.4 Å². The van der Waals surface area contributed by atoms with Crippen molar-refractivity contribution in [3.05, 3.63) is 10.7 Å². The Morgan fingerprint density at radius 1 is 1.50 bits per heavy atom. The number of nitrogens with one attached hydrogen (secondary N) is 1. The summed E-state index contributed by atoms with van der Waals surface area (Å²) in [6, 6.07) is 2.18. The van der Waals surface area contributed by atoms with Crippen molar-refractivity contribution in [2.24, 2.45) is 0 Å². The molecule has 1 aromatic rings. The van der Waals surface area contributed by atoms with Crippen molar-refractivity contribution >= 4 is 39.5 Å². The molecule has 0 aromatic carbocycles. The molecule has 2 rings (SSSR count). The van der Waals surface area contributed by atoms with Crippen molar-refractivity contribution in [3.63, 3.8) is 0 Å². The van der Waals surface area contributed by atoms with Crippen molar-refractivity contribution in [1.82, 2.24) is 9.97 Å². The van der Waals surface area contributed by atoms with Gasteiger partial charge in [-0.15, -0.1) is 0 Å². The number of aromatic nitrogens is 2. The van der Waals surface area contributed by atoms with Gasteiger partial charge >= 0.3 is 0 Å². The van der Waals surface area contributed by atoms with Gasteiger partial charge < -0.3 is 11.1 Å². The van der Waals surface area contributed by atoms with E-state index in [1.54, 1.807) is 6.07 Å². The second-order valence-corrected chi connectivity index (χ2v) is 5.90. The Morgan fingerprint density at radius 2 is 2.31 bits per heavy atom. The zero-order valence-electron chi connectivity index (χ0n) is 9.11. The summed E-state index contributed by atoms with van der Waals surface area (Å²) in [5.41, 5.74) is 5.66. The Balaban J connectivity index is 1.99. The molecule has 0 amide bonds. The first kappa shape index (κ1) is 12.0. The van der Waals surface area contributed by atoms with Crippen LogP contribution >= 0.6 is 27.7 Å². The molecule has 3 N–H and O–H groups in total. The molecule has 1 heterocycles. The van der Waals surface area contributed by atoms with Crippen molar-refractivity contribution in [2.75, 3.05) is 17.3 Å². The Hall–Kier alpha value is -0.490. The molecule has 0 saturated heterocycles. The molecule has 88 valence electrons. The molecule has 0 aliphatic heterocycles. The summed E-state index contributed by atoms with van der Waals surface area (Å²) in [5, 5.41) is 4.11. The van der Waals surface area contributed by atoms with Crippen LogP contribution in [0.15, 0.2) is 10.7 Å². The van der Waals surface area contributed by atoms with Crippen molar-refractivity contribution < 1.29 is 0 Å². The zero-order valence-corrected chi connectivity index (χ0v) is 11.5. The van der Waals surface area contributed by atoms with E-state index < -0.39 is 0 Å². The van der Waals surface area contributed by atoms with Crippen LogP contribution in [0, 0.1) is 0 Å². The highest BCUT2D eigenvalue weighted by Gasteiger charge is 2.24. The number of rotatable bonds is 3. The van der Waals surface area contributed by atoms with Crippen LogP contribution in [0.3, 0.4) is 0 Å². The minimum absolute atomic E-state index is 0.478. The standard InChI is InChI=1S/C10H15BrN4S/c1-16-7-3-2-6(4-7)13-10-14-8(11)5-9(12)15-10/h5-7H,2-4H2,1H3,(H3,12,13,14,15). The van der Waals surface area contributed by atoms with E-state index in [4.69, 9.17) is 5.73 Å². The van der Waals surface area contributed by atoms with E-state index in [0.29, 0.717) is 17.8 Å². The van der Waals surface area contributed by atoms with Crippen LogP contribution in [0.25, 0.3) is 0 Å². The average molecular weight is 303 g/mol. The quantitative estimate of drug-likeness (QED) is 0.840. The van der Waals surface area contributed by atoms with E-state index in [0.717, 1.165) is 9.85 Å². The maximum absolute atomic E-state index is 5.66. The molecule has 6 heteroatoms. The van der Waals surface area contributed by atoms with Gasteiger partial charge in [0.25, 0.3) is 0 Å². The predicted octanol–water partition coefficient (Wildman–Crippen LogP) is 2.52. The van der Waals surface area contributed by atoms with Gasteiger partial charge in [0, 0.05) is 17.4 Å². The molecule has 1 aliphatic rings. The zero-order chi connectivity index (χ0) is 11.5. The first-order valence-corrected chi connectivity index (χ1v) is 7.35. The first-order chi connectivity index (χ1) is 7.67. The summed E-state index contributed by atoms with van der Waals surface area (Å²) >= 11 is 5.25. The van der Waals surface area contributed by atoms with Crippen LogP contribution in [-0.4, -0.2) is 27.5 Å². The topological polar surface area (TPSA) is 63.8 Å². The maximum Gasteiger partial charge on any atom is 0.225 e. The highest BCUT2D eigenvalue weighted by molar-refractivity contribution is 9.10. The SMILES string of the molecule is CSC1CCC(Nc2nc(N)cc(Br)n2)C1. The van der Waals surface area contributed by atoms with Gasteiger partial charge in [-0.25, -0.2) is 4.98 Å². The fourth-order valence-electron chi connectivity index (χ4n) is 1.97. The third kappa shape index (κ3) is 3.01. The van der Waals surface area contributed by atoms with Gasteiger partial charge in [-0.1, -0.05) is 0 Å². The van der Waals surface area contributed by atoms with E-state index in [2.05, 4.69) is 37.5 Å². The number of hydrogen-bond acceptors (Lipinski definition) is 5. The summed E-state index contributed by atoms with van der Waals surface area (Å²) in [5.74, 6) is 1.11. The van der Waals surface area contributed by atoms with Crippen LogP contribution in [0.5, 0.6) is 0 Å². The van der Waals surface area contributed by atoms with Crippen LogP contribution in [0.2, 0.25) is 0 Å². The molecule has 2 unspecified atom stereocenters. The Kier molecular flexibility index (Phi) is 3.91. The van der Waals surface area contributed by atoms with Gasteiger partial charge in [0.1, 0.15) is 10.4 Å². The predicted molar refractivity (Wildman–Crippen MR) is 72.7 cm³/mol. The van der Waals surface area contributed by atoms with Crippen LogP contribution in [0.1, 0.15) is 19.3 Å². The highest BCUT2D eigenvalue weighted by atomic mass is 79.9. The molecule has 1 fully saturated rings. The van der Waals surface area contributed by atoms with Crippen LogP contribution in [0.4, 0.5) is 11.8 Å². The van der Waals surface area contributed by atoms with Crippen LogP contribution < -0.4 is 11.1 Å². The van der Waals surface area contributed by atoms with Gasteiger partial charge in [0.15, 0.2) is 0 Å². The molecule has 0 spiro atoms. The van der Waals surface area contributed by atoms with E-state index in [9.17, 15) is 0 Å². The molecule has 16 heavy (non-hydrogen) atoms. The molecular formula is C10H15BrN4S. The summed E-state index contributed by atoms with van der Waals surface area (Å²) in [7, 11) is 0. The Morgan fingerprint density at radius 3 is 2.94 bits per heavy atom. The van der Waals surface area contributed by atoms with Crippen molar-refractivity contribution in [1.29, 1.82) is 0 Å². The molecule has 2 atom stereocenters. The molecular weight excluding hydrogens is 288 g/mol. The second kappa shape index (κ2) is 5.23. The molecule has 1 aromatic heterocycles. The number of hydrogen-bond donors (Lipinski definition) is 2. The van der Waals surface area contributed by atoms with E-state index >= 15 is 0 Å². The van der Waals surface area contributed by atoms with Gasteiger partial charge in [0.05, 0.1) is 0 Å². The summed E-state index contributed by atoms with van der Waals surface area (Å²) in [6.45, 7) is 0. The smallest absolute Gasteiger partial charge is 0.225 e. The van der Waals surface area contributed by atoms with E-state index in [1.165, 1.54) is 19.3 Å². The molecule has 1 aliphatic carbocycles. The monoisotopic (exact) mass is 302 g/mol. The first-order valence-electron chi connectivity index (χ1n) is 5.27. The third-order valence-electron chi connectivity index (χ3n) is 2.77. The van der Waals surface area contributed by atoms with Gasteiger partial charge in [-0.2, -0.15) is 16.7 Å². The Bertz CT molecular complexity index is 354. The van der Waals surface area contributed by atoms with E-state index in [-0.39, 0.29) is 0 Å². The van der Waals surface area contributed by atoms with E-state index in [1.807, 2.05) is 11.8 Å². The minimum atomic E-state index is 0.478. The summed E-state index contributed by atoms with van der Waals surface area (Å²) < 4.78 is 0.724. The van der Waals surface area contributed by atoms with Gasteiger partial charge in [-0.3, -0.25) is 0 Å². The lowest BCUT2D eigenvalue weighted by Crippen LogP contribution is -2.18. The lowest BCUT2D eigenvalue weighted by Gasteiger charge is -2.12. The van der Waals surface area contributed by atoms with Crippen LogP contribution in [-0.2, 0) is 0 Å². The number of nitrogens with two attached hydrogens (primary N) is 1. The molecule has 0 radical (unpaired) electrons.